The van der Waals surface area contributed by atoms with Crippen molar-refractivity contribution in [3.8, 4) is 5.75 Å². The number of carbonyl (C=O) groups is 1. The highest BCUT2D eigenvalue weighted by molar-refractivity contribution is 9.08. The van der Waals surface area contributed by atoms with Gasteiger partial charge in [-0.15, -0.1) is 0 Å². The first-order chi connectivity index (χ1) is 10.5. The lowest BCUT2D eigenvalue weighted by molar-refractivity contribution is 0.254. The van der Waals surface area contributed by atoms with Crippen molar-refractivity contribution in [3.63, 3.8) is 0 Å². The summed E-state index contributed by atoms with van der Waals surface area (Å²) in [5, 5.41) is 15.5. The first kappa shape index (κ1) is 16.0. The highest BCUT2D eigenvalue weighted by Gasteiger charge is 2.12. The van der Waals surface area contributed by atoms with Gasteiger partial charge < -0.3 is 10.8 Å². The second-order valence-electron chi connectivity index (χ2n) is 4.68. The summed E-state index contributed by atoms with van der Waals surface area (Å²) in [7, 11) is 0. The lowest BCUT2D eigenvalue weighted by Crippen LogP contribution is -2.32. The number of nitrogens with zero attached hydrogens (tertiary/aromatic N) is 2. The molecule has 0 unspecified atom stereocenters. The molecule has 0 atom stereocenters. The molecule has 0 saturated carbocycles. The van der Waals surface area contributed by atoms with E-state index >= 15 is 0 Å². The van der Waals surface area contributed by atoms with Crippen molar-refractivity contribution in [2.45, 2.75) is 12.3 Å². The van der Waals surface area contributed by atoms with Crippen LogP contribution in [0.1, 0.15) is 18.1 Å². The summed E-state index contributed by atoms with van der Waals surface area (Å²) in [6.07, 6.45) is 0. The average molecular weight is 362 g/mol. The van der Waals surface area contributed by atoms with Crippen LogP contribution in [0.2, 0.25) is 0 Å². The molecule has 0 saturated heterocycles. The third kappa shape index (κ3) is 3.85. The maximum absolute atomic E-state index is 11.7. The van der Waals surface area contributed by atoms with Gasteiger partial charge in [-0.05, 0) is 54.4 Å². The van der Waals surface area contributed by atoms with Crippen molar-refractivity contribution in [2.75, 3.05) is 5.01 Å². The monoisotopic (exact) mass is 361 g/mol. The van der Waals surface area contributed by atoms with Crippen LogP contribution in [0.5, 0.6) is 5.75 Å². The van der Waals surface area contributed by atoms with E-state index < -0.39 is 6.03 Å². The van der Waals surface area contributed by atoms with Crippen LogP contribution < -0.4 is 10.7 Å². The minimum Gasteiger partial charge on any atom is -0.508 e. The van der Waals surface area contributed by atoms with E-state index in [1.165, 1.54) is 0 Å². The average Bonchev–Trinajstić information content (AvgIpc) is 2.53. The molecular weight excluding hydrogens is 346 g/mol. The fraction of sp³-hybridized carbons (Fsp3) is 0.125. The van der Waals surface area contributed by atoms with Gasteiger partial charge in [-0.2, -0.15) is 10.1 Å². The summed E-state index contributed by atoms with van der Waals surface area (Å²) in [5.41, 5.74) is 8.51. The van der Waals surface area contributed by atoms with Gasteiger partial charge in [-0.3, -0.25) is 0 Å². The van der Waals surface area contributed by atoms with E-state index in [0.717, 1.165) is 21.5 Å². The van der Waals surface area contributed by atoms with Gasteiger partial charge >= 0.3 is 6.03 Å². The first-order valence-electron chi connectivity index (χ1n) is 6.60. The summed E-state index contributed by atoms with van der Waals surface area (Å²) < 4.78 is 0. The number of nitrogens with two attached hydrogens (primary N) is 1. The number of hydrogen-bond donors (Lipinski definition) is 2. The quantitative estimate of drug-likeness (QED) is 0.495. The van der Waals surface area contributed by atoms with Crippen molar-refractivity contribution in [1.82, 2.24) is 0 Å². The molecule has 0 bridgehead atoms. The van der Waals surface area contributed by atoms with Gasteiger partial charge in [0.15, 0.2) is 0 Å². The molecule has 2 aromatic rings. The van der Waals surface area contributed by atoms with E-state index in [-0.39, 0.29) is 5.75 Å². The van der Waals surface area contributed by atoms with E-state index in [2.05, 4.69) is 21.0 Å². The number of hydrazone groups is 1. The molecule has 6 heteroatoms. The number of anilines is 1. The zero-order chi connectivity index (χ0) is 16.1. The molecular formula is C16H16BrN3O2. The predicted molar refractivity (Wildman–Crippen MR) is 91.5 cm³/mol. The summed E-state index contributed by atoms with van der Waals surface area (Å²) in [4.78, 5) is 11.7. The Kier molecular flexibility index (Phi) is 5.16. The predicted octanol–water partition coefficient (Wildman–Crippen LogP) is 3.60. The van der Waals surface area contributed by atoms with E-state index in [0.29, 0.717) is 11.4 Å². The number of alkyl halides is 1. The first-order valence-corrected chi connectivity index (χ1v) is 7.72. The fourth-order valence-electron chi connectivity index (χ4n) is 1.87. The van der Waals surface area contributed by atoms with Gasteiger partial charge in [-0.25, -0.2) is 4.79 Å². The van der Waals surface area contributed by atoms with Gasteiger partial charge in [0.05, 0.1) is 11.4 Å². The van der Waals surface area contributed by atoms with Crippen LogP contribution in [0.25, 0.3) is 0 Å². The van der Waals surface area contributed by atoms with Crippen molar-refractivity contribution in [3.05, 3.63) is 59.7 Å². The van der Waals surface area contributed by atoms with Crippen LogP contribution in [0.3, 0.4) is 0 Å². The molecule has 0 aliphatic carbocycles. The second kappa shape index (κ2) is 7.09. The Morgan fingerprint density at radius 2 is 1.77 bits per heavy atom. The summed E-state index contributed by atoms with van der Waals surface area (Å²) in [5.74, 6) is 0.175. The number of benzene rings is 2. The topological polar surface area (TPSA) is 78.9 Å². The maximum Gasteiger partial charge on any atom is 0.340 e. The van der Waals surface area contributed by atoms with Crippen LogP contribution in [0, 0.1) is 0 Å². The van der Waals surface area contributed by atoms with E-state index in [4.69, 9.17) is 5.73 Å². The van der Waals surface area contributed by atoms with Crippen LogP contribution in [-0.2, 0) is 5.33 Å². The highest BCUT2D eigenvalue weighted by Crippen LogP contribution is 2.18. The van der Waals surface area contributed by atoms with E-state index in [1.54, 1.807) is 43.3 Å². The molecule has 0 spiro atoms. The van der Waals surface area contributed by atoms with Gasteiger partial charge in [0.25, 0.3) is 0 Å². The SMILES string of the molecule is CC(=NN(C(N)=O)c1ccc(CBr)cc1)c1ccc(O)cc1. The number of urea groups is 1. The third-order valence-corrected chi connectivity index (χ3v) is 3.73. The molecule has 0 aromatic heterocycles. The highest BCUT2D eigenvalue weighted by atomic mass is 79.9. The van der Waals surface area contributed by atoms with Crippen molar-refractivity contribution in [1.29, 1.82) is 0 Å². The Bertz CT molecular complexity index is 682. The number of halogens is 1. The molecule has 22 heavy (non-hydrogen) atoms. The molecule has 0 fully saturated rings. The minimum atomic E-state index is -0.662. The van der Waals surface area contributed by atoms with Gasteiger partial charge in [0.1, 0.15) is 5.75 Å². The zero-order valence-electron chi connectivity index (χ0n) is 12.0. The molecule has 2 amide bonds. The second-order valence-corrected chi connectivity index (χ2v) is 5.24. The minimum absolute atomic E-state index is 0.175. The van der Waals surface area contributed by atoms with Crippen LogP contribution in [0.15, 0.2) is 53.6 Å². The number of carbonyl (C=O) groups excluding carboxylic acids is 1. The lowest BCUT2D eigenvalue weighted by atomic mass is 10.1. The number of hydrogen-bond acceptors (Lipinski definition) is 3. The number of rotatable bonds is 4. The largest absolute Gasteiger partial charge is 0.508 e. The molecule has 2 rings (SSSR count). The number of primary amides is 1. The fourth-order valence-corrected chi connectivity index (χ4v) is 2.24. The van der Waals surface area contributed by atoms with Crippen LogP contribution in [0.4, 0.5) is 10.5 Å². The van der Waals surface area contributed by atoms with Crippen molar-refractivity contribution in [2.24, 2.45) is 10.8 Å². The number of amides is 2. The number of phenolic OH excluding ortho intramolecular Hbond substituents is 1. The molecule has 0 aliphatic heterocycles. The summed E-state index contributed by atoms with van der Waals surface area (Å²) >= 11 is 3.37. The smallest absolute Gasteiger partial charge is 0.340 e. The van der Waals surface area contributed by atoms with E-state index in [9.17, 15) is 9.90 Å². The standard InChI is InChI=1S/C16H16BrN3O2/c1-11(13-4-8-15(21)9-5-13)19-20(16(18)22)14-6-2-12(10-17)3-7-14/h2-9,21H,10H2,1H3,(H2,18,22). The molecule has 114 valence electrons. The normalized spacial score (nSPS) is 11.3. The van der Waals surface area contributed by atoms with Crippen LogP contribution >= 0.6 is 15.9 Å². The summed E-state index contributed by atoms with van der Waals surface area (Å²) in [6.45, 7) is 1.77. The van der Waals surface area contributed by atoms with Gasteiger partial charge in [-0.1, -0.05) is 28.1 Å². The van der Waals surface area contributed by atoms with E-state index in [1.807, 2.05) is 12.1 Å². The molecule has 0 heterocycles. The van der Waals surface area contributed by atoms with Crippen molar-refractivity contribution >= 4 is 33.4 Å². The summed E-state index contributed by atoms with van der Waals surface area (Å²) in [6, 6.07) is 13.3. The Hall–Kier alpha value is -2.34. The molecule has 5 nitrogen and oxygen atoms in total. The third-order valence-electron chi connectivity index (χ3n) is 3.08. The molecule has 0 aliphatic rings. The Morgan fingerprint density at radius 1 is 1.18 bits per heavy atom. The zero-order valence-corrected chi connectivity index (χ0v) is 13.6. The Balaban J connectivity index is 2.32. The Morgan fingerprint density at radius 3 is 2.27 bits per heavy atom. The molecule has 0 radical (unpaired) electrons. The van der Waals surface area contributed by atoms with Gasteiger partial charge in [0, 0.05) is 5.33 Å². The molecule has 3 N–H and O–H groups in total. The lowest BCUT2D eigenvalue weighted by Gasteiger charge is -2.16. The number of aromatic hydroxyl groups is 1. The molecule has 2 aromatic carbocycles. The number of phenols is 1. The van der Waals surface area contributed by atoms with Crippen LogP contribution in [-0.4, -0.2) is 16.8 Å². The van der Waals surface area contributed by atoms with Gasteiger partial charge in [0.2, 0.25) is 0 Å². The Labute approximate surface area is 137 Å². The maximum atomic E-state index is 11.7. The van der Waals surface area contributed by atoms with Crippen molar-refractivity contribution < 1.29 is 9.90 Å².